The molecule has 0 saturated carbocycles. The Labute approximate surface area is 173 Å². The Morgan fingerprint density at radius 1 is 1.18 bits per heavy atom. The smallest absolute Gasteiger partial charge is 0.252 e. The number of nitrogens with zero attached hydrogens (tertiary/aromatic N) is 2. The van der Waals surface area contributed by atoms with Gasteiger partial charge in [0.05, 0.1) is 24.0 Å². The number of benzene rings is 2. The first-order chi connectivity index (χ1) is 13.3. The predicted molar refractivity (Wildman–Crippen MR) is 115 cm³/mol. The van der Waals surface area contributed by atoms with Gasteiger partial charge in [-0.25, -0.2) is 8.42 Å². The Bertz CT molecular complexity index is 1070. The third-order valence-electron chi connectivity index (χ3n) is 4.96. The number of hydrogen-bond donors (Lipinski definition) is 0. The van der Waals surface area contributed by atoms with Crippen molar-refractivity contribution in [3.8, 4) is 0 Å². The molecule has 5 nitrogen and oxygen atoms in total. The number of sulfone groups is 1. The minimum absolute atomic E-state index is 0.0801. The maximum atomic E-state index is 12.6. The zero-order chi connectivity index (χ0) is 19.9. The summed E-state index contributed by atoms with van der Waals surface area (Å²) in [6.07, 6.45) is 0.110. The average molecular weight is 435 g/mol. The highest BCUT2D eigenvalue weighted by atomic mass is 35.5. The summed E-state index contributed by atoms with van der Waals surface area (Å²) in [4.78, 5) is 18.9. The van der Waals surface area contributed by atoms with Crippen molar-refractivity contribution >= 4 is 50.0 Å². The van der Waals surface area contributed by atoms with E-state index in [-0.39, 0.29) is 35.1 Å². The largest absolute Gasteiger partial charge is 0.315 e. The number of amidine groups is 1. The van der Waals surface area contributed by atoms with E-state index in [0.29, 0.717) is 10.2 Å². The first-order valence-corrected chi connectivity index (χ1v) is 12.0. The molecule has 2 fully saturated rings. The second-order valence-electron chi connectivity index (χ2n) is 7.01. The van der Waals surface area contributed by atoms with E-state index in [1.165, 1.54) is 11.8 Å². The standard InChI is InChI=1S/C20H19ClN2O3S2/c1-13-6-2-5-9-16(13)23-17-11-28(25,26)12-18(17)27-20(23)22-19(24)10-14-7-3-4-8-15(14)21/h2-9,17-18H,10-12H2,1H3/t17-,18+/m0/s1. The normalized spacial score (nSPS) is 24.5. The van der Waals surface area contributed by atoms with Crippen LogP contribution in [0.1, 0.15) is 11.1 Å². The summed E-state index contributed by atoms with van der Waals surface area (Å²) < 4.78 is 24.3. The van der Waals surface area contributed by atoms with Gasteiger partial charge in [-0.15, -0.1) is 0 Å². The topological polar surface area (TPSA) is 66.8 Å². The first kappa shape index (κ1) is 19.5. The third-order valence-corrected chi connectivity index (χ3v) is 8.54. The summed E-state index contributed by atoms with van der Waals surface area (Å²) in [5.74, 6) is -0.101. The quantitative estimate of drug-likeness (QED) is 0.739. The summed E-state index contributed by atoms with van der Waals surface area (Å²) in [7, 11) is -3.09. The molecule has 0 aromatic heterocycles. The molecule has 146 valence electrons. The SMILES string of the molecule is Cc1ccccc1N1C(=NC(=O)Cc2ccccc2Cl)S[C@@H]2CS(=O)(=O)C[C@@H]21. The van der Waals surface area contributed by atoms with Crippen LogP contribution in [0.3, 0.4) is 0 Å². The molecule has 1 amide bonds. The molecule has 0 unspecified atom stereocenters. The van der Waals surface area contributed by atoms with Crippen LogP contribution < -0.4 is 4.90 Å². The molecule has 0 bridgehead atoms. The lowest BCUT2D eigenvalue weighted by molar-refractivity contribution is -0.117. The van der Waals surface area contributed by atoms with Crippen molar-refractivity contribution in [2.45, 2.75) is 24.6 Å². The molecule has 28 heavy (non-hydrogen) atoms. The maximum absolute atomic E-state index is 12.6. The minimum Gasteiger partial charge on any atom is -0.315 e. The summed E-state index contributed by atoms with van der Waals surface area (Å²) in [6.45, 7) is 1.97. The number of amides is 1. The number of rotatable bonds is 3. The zero-order valence-electron chi connectivity index (χ0n) is 15.2. The predicted octanol–water partition coefficient (Wildman–Crippen LogP) is 3.49. The van der Waals surface area contributed by atoms with Gasteiger partial charge in [0.2, 0.25) is 0 Å². The molecule has 2 aromatic rings. The second kappa shape index (κ2) is 7.54. The molecule has 8 heteroatoms. The van der Waals surface area contributed by atoms with E-state index >= 15 is 0 Å². The Morgan fingerprint density at radius 2 is 1.89 bits per heavy atom. The van der Waals surface area contributed by atoms with Gasteiger partial charge in [-0.05, 0) is 30.2 Å². The summed E-state index contributed by atoms with van der Waals surface area (Å²) in [6, 6.07) is 14.8. The number of anilines is 1. The molecule has 0 spiro atoms. The first-order valence-electron chi connectivity index (χ1n) is 8.91. The maximum Gasteiger partial charge on any atom is 0.252 e. The molecule has 4 rings (SSSR count). The molecular weight excluding hydrogens is 416 g/mol. The van der Waals surface area contributed by atoms with Gasteiger partial charge in [0.25, 0.3) is 5.91 Å². The van der Waals surface area contributed by atoms with Gasteiger partial charge in [0.15, 0.2) is 15.0 Å². The Morgan fingerprint density at radius 3 is 2.64 bits per heavy atom. The molecule has 2 saturated heterocycles. The highest BCUT2D eigenvalue weighted by Crippen LogP contribution is 2.41. The molecule has 0 N–H and O–H groups in total. The van der Waals surface area contributed by atoms with Crippen LogP contribution in [-0.4, -0.2) is 42.3 Å². The number of para-hydroxylation sites is 1. The van der Waals surface area contributed by atoms with Crippen LogP contribution in [0.15, 0.2) is 53.5 Å². The van der Waals surface area contributed by atoms with Crippen molar-refractivity contribution in [3.05, 3.63) is 64.7 Å². The van der Waals surface area contributed by atoms with Gasteiger partial charge in [-0.2, -0.15) is 4.99 Å². The summed E-state index contributed by atoms with van der Waals surface area (Å²) in [5.41, 5.74) is 2.63. The molecule has 0 aliphatic carbocycles. The van der Waals surface area contributed by atoms with Crippen LogP contribution in [0.5, 0.6) is 0 Å². The van der Waals surface area contributed by atoms with Crippen molar-refractivity contribution in [1.82, 2.24) is 0 Å². The average Bonchev–Trinajstić information content (AvgIpc) is 3.08. The molecule has 2 aliphatic heterocycles. The number of aliphatic imine (C=N–C) groups is 1. The van der Waals surface area contributed by atoms with Crippen molar-refractivity contribution in [3.63, 3.8) is 0 Å². The van der Waals surface area contributed by atoms with E-state index in [1.807, 2.05) is 54.3 Å². The second-order valence-corrected chi connectivity index (χ2v) is 10.8. The van der Waals surface area contributed by atoms with Crippen LogP contribution in [0.25, 0.3) is 0 Å². The van der Waals surface area contributed by atoms with Crippen molar-refractivity contribution < 1.29 is 13.2 Å². The number of fused-ring (bicyclic) bond motifs is 1. The minimum atomic E-state index is -3.09. The van der Waals surface area contributed by atoms with Gasteiger partial charge in [0.1, 0.15) is 0 Å². The molecule has 2 aliphatic rings. The van der Waals surface area contributed by atoms with Crippen molar-refractivity contribution in [2.24, 2.45) is 4.99 Å². The molecule has 2 heterocycles. The number of aryl methyl sites for hydroxylation is 1. The Kier molecular flexibility index (Phi) is 5.24. The fourth-order valence-electron chi connectivity index (χ4n) is 3.63. The van der Waals surface area contributed by atoms with Crippen molar-refractivity contribution in [2.75, 3.05) is 16.4 Å². The molecule has 2 aromatic carbocycles. The highest BCUT2D eigenvalue weighted by molar-refractivity contribution is 8.16. The Hall–Kier alpha value is -1.83. The number of thioether (sulfide) groups is 1. The summed E-state index contributed by atoms with van der Waals surface area (Å²) >= 11 is 7.54. The van der Waals surface area contributed by atoms with E-state index in [2.05, 4.69) is 4.99 Å². The van der Waals surface area contributed by atoms with Crippen LogP contribution in [-0.2, 0) is 21.1 Å². The van der Waals surface area contributed by atoms with Crippen LogP contribution in [0.2, 0.25) is 5.02 Å². The van der Waals surface area contributed by atoms with Gasteiger partial charge < -0.3 is 4.90 Å². The molecule has 2 atom stereocenters. The van der Waals surface area contributed by atoms with Gasteiger partial charge >= 0.3 is 0 Å². The zero-order valence-corrected chi connectivity index (χ0v) is 17.6. The van der Waals surface area contributed by atoms with Crippen LogP contribution in [0, 0.1) is 6.92 Å². The van der Waals surface area contributed by atoms with E-state index in [1.54, 1.807) is 6.07 Å². The van der Waals surface area contributed by atoms with E-state index in [9.17, 15) is 13.2 Å². The van der Waals surface area contributed by atoms with Gasteiger partial charge in [-0.1, -0.05) is 59.8 Å². The number of hydrogen-bond acceptors (Lipinski definition) is 4. The Balaban J connectivity index is 1.67. The van der Waals surface area contributed by atoms with E-state index < -0.39 is 9.84 Å². The van der Waals surface area contributed by atoms with Gasteiger partial charge in [-0.3, -0.25) is 4.79 Å². The van der Waals surface area contributed by atoms with E-state index in [0.717, 1.165) is 16.8 Å². The third kappa shape index (κ3) is 3.83. The monoisotopic (exact) mass is 434 g/mol. The van der Waals surface area contributed by atoms with Gasteiger partial charge in [0, 0.05) is 16.0 Å². The van der Waals surface area contributed by atoms with Crippen molar-refractivity contribution in [1.29, 1.82) is 0 Å². The lowest BCUT2D eigenvalue weighted by Gasteiger charge is -2.26. The van der Waals surface area contributed by atoms with E-state index in [4.69, 9.17) is 11.6 Å². The number of carbonyl (C=O) groups excluding carboxylic acids is 1. The number of halogens is 1. The fraction of sp³-hybridized carbons (Fsp3) is 0.300. The van der Waals surface area contributed by atoms with Crippen LogP contribution in [0.4, 0.5) is 5.69 Å². The number of carbonyl (C=O) groups is 1. The lowest BCUT2D eigenvalue weighted by Crippen LogP contribution is -2.38. The molecule has 0 radical (unpaired) electrons. The van der Waals surface area contributed by atoms with Crippen LogP contribution >= 0.6 is 23.4 Å². The highest BCUT2D eigenvalue weighted by Gasteiger charge is 2.49. The molecular formula is C20H19ClN2O3S2. The summed E-state index contributed by atoms with van der Waals surface area (Å²) in [5, 5.41) is 0.988. The fourth-order valence-corrected chi connectivity index (χ4v) is 7.76. The lowest BCUT2D eigenvalue weighted by atomic mass is 10.1.